The summed E-state index contributed by atoms with van der Waals surface area (Å²) in [4.78, 5) is 17.3. The number of hydrogen-bond acceptors (Lipinski definition) is 5. The average Bonchev–Trinajstić information content (AvgIpc) is 3.32. The van der Waals surface area contributed by atoms with Crippen molar-refractivity contribution in [1.82, 2.24) is 16.0 Å². The summed E-state index contributed by atoms with van der Waals surface area (Å²) in [7, 11) is 0. The number of thiophene rings is 1. The number of carbonyl (C=O) groups is 1. The first-order chi connectivity index (χ1) is 12.7. The number of aliphatic hydroxyl groups excluding tert-OH is 1. The van der Waals surface area contributed by atoms with E-state index in [1.807, 2.05) is 24.4 Å². The summed E-state index contributed by atoms with van der Waals surface area (Å²) in [5.41, 5.74) is -0.0498. The van der Waals surface area contributed by atoms with Gasteiger partial charge in [0.25, 0.3) is 5.91 Å². The maximum Gasteiger partial charge on any atom is 0.261 e. The van der Waals surface area contributed by atoms with Crippen LogP contribution in [-0.4, -0.2) is 63.0 Å². The maximum atomic E-state index is 11.9. The number of rotatable bonds is 10. The minimum Gasteiger partial charge on any atom is -0.396 e. The molecule has 0 radical (unpaired) electrons. The van der Waals surface area contributed by atoms with Gasteiger partial charge >= 0.3 is 0 Å². The van der Waals surface area contributed by atoms with Gasteiger partial charge in [0.1, 0.15) is 0 Å². The molecular formula is C18H30N4O3S. The Morgan fingerprint density at radius 3 is 2.88 bits per heavy atom. The zero-order chi connectivity index (χ0) is 18.7. The molecule has 146 valence electrons. The van der Waals surface area contributed by atoms with Crippen LogP contribution in [0.15, 0.2) is 22.5 Å². The fourth-order valence-corrected chi connectivity index (χ4v) is 3.51. The van der Waals surface area contributed by atoms with Crippen LogP contribution in [0, 0.1) is 5.41 Å². The molecule has 1 aromatic heterocycles. The van der Waals surface area contributed by atoms with Gasteiger partial charge in [0.2, 0.25) is 0 Å². The van der Waals surface area contributed by atoms with Crippen LogP contribution in [0.4, 0.5) is 0 Å². The van der Waals surface area contributed by atoms with Crippen LogP contribution in [0.1, 0.15) is 35.9 Å². The molecule has 1 amide bonds. The third-order valence-electron chi connectivity index (χ3n) is 4.42. The van der Waals surface area contributed by atoms with Crippen molar-refractivity contribution < 1.29 is 14.6 Å². The predicted octanol–water partition coefficient (Wildman–Crippen LogP) is 1.21. The highest BCUT2D eigenvalue weighted by Crippen LogP contribution is 2.32. The Morgan fingerprint density at radius 2 is 2.23 bits per heavy atom. The first-order valence-electron chi connectivity index (χ1n) is 9.21. The van der Waals surface area contributed by atoms with Gasteiger partial charge in [-0.1, -0.05) is 6.07 Å². The first-order valence-corrected chi connectivity index (χ1v) is 10.1. The van der Waals surface area contributed by atoms with Crippen LogP contribution in [0.25, 0.3) is 0 Å². The summed E-state index contributed by atoms with van der Waals surface area (Å²) in [6.45, 7) is 6.34. The molecule has 1 saturated heterocycles. The van der Waals surface area contributed by atoms with E-state index < -0.39 is 0 Å². The molecule has 7 nitrogen and oxygen atoms in total. The van der Waals surface area contributed by atoms with Crippen molar-refractivity contribution in [2.75, 3.05) is 46.0 Å². The highest BCUT2D eigenvalue weighted by Gasteiger charge is 2.34. The van der Waals surface area contributed by atoms with Gasteiger partial charge in [-0.2, -0.15) is 0 Å². The molecule has 26 heavy (non-hydrogen) atoms. The Bertz CT molecular complexity index is 557. The lowest BCUT2D eigenvalue weighted by Gasteiger charge is -2.24. The average molecular weight is 383 g/mol. The zero-order valence-electron chi connectivity index (χ0n) is 15.4. The number of nitrogens with one attached hydrogen (secondary N) is 3. The molecule has 0 bridgehead atoms. The van der Waals surface area contributed by atoms with E-state index in [1.54, 1.807) is 0 Å². The van der Waals surface area contributed by atoms with Gasteiger partial charge in [-0.05, 0) is 37.6 Å². The second-order valence-electron chi connectivity index (χ2n) is 6.48. The van der Waals surface area contributed by atoms with Gasteiger partial charge in [-0.25, -0.2) is 0 Å². The highest BCUT2D eigenvalue weighted by atomic mass is 32.1. The minimum absolute atomic E-state index is 0.0206. The molecule has 0 aliphatic carbocycles. The molecule has 1 aliphatic heterocycles. The number of guanidine groups is 1. The molecule has 2 heterocycles. The smallest absolute Gasteiger partial charge is 0.261 e. The summed E-state index contributed by atoms with van der Waals surface area (Å²) in [5, 5.41) is 20.7. The molecule has 2 rings (SSSR count). The van der Waals surface area contributed by atoms with Crippen molar-refractivity contribution in [2.45, 2.75) is 26.2 Å². The Kier molecular flexibility index (Phi) is 8.87. The minimum atomic E-state index is -0.0498. The lowest BCUT2D eigenvalue weighted by atomic mass is 9.84. The van der Waals surface area contributed by atoms with E-state index >= 15 is 0 Å². The van der Waals surface area contributed by atoms with E-state index in [4.69, 9.17) is 4.74 Å². The molecule has 1 atom stereocenters. The van der Waals surface area contributed by atoms with Crippen molar-refractivity contribution in [3.05, 3.63) is 22.4 Å². The quantitative estimate of drug-likeness (QED) is 0.277. The number of ether oxygens (including phenoxy) is 1. The summed E-state index contributed by atoms with van der Waals surface area (Å²) in [6, 6.07) is 3.70. The van der Waals surface area contributed by atoms with Gasteiger partial charge in [0, 0.05) is 38.3 Å². The fourth-order valence-electron chi connectivity index (χ4n) is 2.87. The topological polar surface area (TPSA) is 95.0 Å². The number of aliphatic imine (C=N–C) groups is 1. The summed E-state index contributed by atoms with van der Waals surface area (Å²) in [5.74, 6) is 0.744. The van der Waals surface area contributed by atoms with Crippen molar-refractivity contribution in [3.63, 3.8) is 0 Å². The van der Waals surface area contributed by atoms with Gasteiger partial charge < -0.3 is 25.8 Å². The number of carbonyl (C=O) groups excluding carboxylic acids is 1. The van der Waals surface area contributed by atoms with E-state index in [0.717, 1.165) is 43.4 Å². The second-order valence-corrected chi connectivity index (χ2v) is 7.43. The van der Waals surface area contributed by atoms with Crippen LogP contribution in [0.2, 0.25) is 0 Å². The Hall–Kier alpha value is -1.64. The molecule has 1 aromatic rings. The molecule has 8 heteroatoms. The van der Waals surface area contributed by atoms with Crippen molar-refractivity contribution in [1.29, 1.82) is 0 Å². The number of amides is 1. The molecule has 1 fully saturated rings. The number of aliphatic hydroxyl groups is 1. The molecule has 1 unspecified atom stereocenters. The van der Waals surface area contributed by atoms with Gasteiger partial charge in [-0.3, -0.25) is 9.79 Å². The van der Waals surface area contributed by atoms with Crippen molar-refractivity contribution in [2.24, 2.45) is 10.4 Å². The van der Waals surface area contributed by atoms with Crippen LogP contribution in [-0.2, 0) is 4.74 Å². The second kappa shape index (κ2) is 11.2. The maximum absolute atomic E-state index is 11.9. The van der Waals surface area contributed by atoms with Crippen LogP contribution in [0.5, 0.6) is 0 Å². The van der Waals surface area contributed by atoms with Gasteiger partial charge in [-0.15, -0.1) is 11.3 Å². The SMILES string of the molecule is CCNC(=NCC1(CCO)CCOC1)NCCCNC(=O)c1cccs1. The molecule has 0 spiro atoms. The first kappa shape index (κ1) is 20.7. The fraction of sp³-hybridized carbons (Fsp3) is 0.667. The number of nitrogens with zero attached hydrogens (tertiary/aromatic N) is 1. The van der Waals surface area contributed by atoms with Gasteiger partial charge in [0.15, 0.2) is 5.96 Å². The van der Waals surface area contributed by atoms with Crippen LogP contribution in [0.3, 0.4) is 0 Å². The van der Waals surface area contributed by atoms with Crippen molar-refractivity contribution >= 4 is 23.2 Å². The molecule has 4 N–H and O–H groups in total. The molecule has 0 saturated carbocycles. The Balaban J connectivity index is 1.72. The largest absolute Gasteiger partial charge is 0.396 e. The monoisotopic (exact) mass is 382 g/mol. The molecular weight excluding hydrogens is 352 g/mol. The lowest BCUT2D eigenvalue weighted by molar-refractivity contribution is 0.0957. The summed E-state index contributed by atoms with van der Waals surface area (Å²) < 4.78 is 5.51. The van der Waals surface area contributed by atoms with Crippen molar-refractivity contribution in [3.8, 4) is 0 Å². The molecule has 0 aromatic carbocycles. The Labute approximate surface area is 159 Å². The summed E-state index contributed by atoms with van der Waals surface area (Å²) >= 11 is 1.44. The summed E-state index contributed by atoms with van der Waals surface area (Å²) in [6.07, 6.45) is 2.46. The lowest BCUT2D eigenvalue weighted by Crippen LogP contribution is -2.40. The van der Waals surface area contributed by atoms with E-state index in [2.05, 4.69) is 20.9 Å². The van der Waals surface area contributed by atoms with E-state index in [-0.39, 0.29) is 17.9 Å². The predicted molar refractivity (Wildman–Crippen MR) is 105 cm³/mol. The molecule has 1 aliphatic rings. The highest BCUT2D eigenvalue weighted by molar-refractivity contribution is 7.12. The van der Waals surface area contributed by atoms with E-state index in [0.29, 0.717) is 26.1 Å². The zero-order valence-corrected chi connectivity index (χ0v) is 16.2. The van der Waals surface area contributed by atoms with Crippen LogP contribution < -0.4 is 16.0 Å². The van der Waals surface area contributed by atoms with Gasteiger partial charge in [0.05, 0.1) is 18.0 Å². The van der Waals surface area contributed by atoms with E-state index in [9.17, 15) is 9.90 Å². The Morgan fingerprint density at radius 1 is 1.38 bits per heavy atom. The van der Waals surface area contributed by atoms with Crippen LogP contribution >= 0.6 is 11.3 Å². The third-order valence-corrected chi connectivity index (χ3v) is 5.29. The normalized spacial score (nSPS) is 20.2. The van der Waals surface area contributed by atoms with E-state index in [1.165, 1.54) is 11.3 Å². The standard InChI is InChI=1S/C18H30N4O3S/c1-2-19-17(22-13-18(6-10-23)7-11-25-14-18)21-9-4-8-20-16(24)15-5-3-12-26-15/h3,5,12,23H,2,4,6-11,13-14H2,1H3,(H,20,24)(H2,19,21,22). The number of hydrogen-bond donors (Lipinski definition) is 4. The third kappa shape index (κ3) is 6.59.